The van der Waals surface area contributed by atoms with Crippen LogP contribution in [0.5, 0.6) is 0 Å². The number of hydrogen-bond acceptors (Lipinski definition) is 2. The maximum atomic E-state index is 12.4. The SMILES string of the molecule is CCOCC1CCCN(C(=O)c2ccc(Cl)cc2)C1. The van der Waals surface area contributed by atoms with E-state index in [9.17, 15) is 4.79 Å². The molecule has 0 saturated carbocycles. The van der Waals surface area contributed by atoms with Crippen LogP contribution in [0.2, 0.25) is 5.02 Å². The van der Waals surface area contributed by atoms with Crippen molar-refractivity contribution in [1.29, 1.82) is 0 Å². The van der Waals surface area contributed by atoms with Gasteiger partial charge in [-0.15, -0.1) is 0 Å². The highest BCUT2D eigenvalue weighted by Crippen LogP contribution is 2.19. The monoisotopic (exact) mass is 281 g/mol. The van der Waals surface area contributed by atoms with Gasteiger partial charge in [0, 0.05) is 30.3 Å². The van der Waals surface area contributed by atoms with Crippen molar-refractivity contribution in [1.82, 2.24) is 4.90 Å². The molecule has 0 radical (unpaired) electrons. The second kappa shape index (κ2) is 6.92. The number of piperidine rings is 1. The van der Waals surface area contributed by atoms with Crippen LogP contribution in [0.3, 0.4) is 0 Å². The molecule has 0 aromatic heterocycles. The number of rotatable bonds is 4. The number of nitrogens with zero attached hydrogens (tertiary/aromatic N) is 1. The lowest BCUT2D eigenvalue weighted by Gasteiger charge is -2.32. The first-order valence-electron chi connectivity index (χ1n) is 6.83. The van der Waals surface area contributed by atoms with E-state index in [1.807, 2.05) is 11.8 Å². The van der Waals surface area contributed by atoms with Gasteiger partial charge in [-0.1, -0.05) is 11.6 Å². The molecule has 0 bridgehead atoms. The van der Waals surface area contributed by atoms with Crippen molar-refractivity contribution in [2.75, 3.05) is 26.3 Å². The van der Waals surface area contributed by atoms with Gasteiger partial charge in [0.1, 0.15) is 0 Å². The lowest BCUT2D eigenvalue weighted by atomic mass is 9.98. The Morgan fingerprint density at radius 1 is 1.42 bits per heavy atom. The zero-order chi connectivity index (χ0) is 13.7. The summed E-state index contributed by atoms with van der Waals surface area (Å²) in [6.07, 6.45) is 2.20. The smallest absolute Gasteiger partial charge is 0.253 e. The van der Waals surface area contributed by atoms with Crippen molar-refractivity contribution in [2.45, 2.75) is 19.8 Å². The zero-order valence-corrected chi connectivity index (χ0v) is 12.0. The topological polar surface area (TPSA) is 29.5 Å². The Balaban J connectivity index is 1.96. The summed E-state index contributed by atoms with van der Waals surface area (Å²) in [5.74, 6) is 0.558. The minimum absolute atomic E-state index is 0.0952. The standard InChI is InChI=1S/C15H20ClNO2/c1-2-19-11-12-4-3-9-17(10-12)15(18)13-5-7-14(16)8-6-13/h5-8,12H,2-4,9-11H2,1H3. The number of carbonyl (C=O) groups is 1. The average Bonchev–Trinajstić information content (AvgIpc) is 2.45. The molecule has 0 spiro atoms. The van der Waals surface area contributed by atoms with E-state index in [2.05, 4.69) is 0 Å². The molecular weight excluding hydrogens is 262 g/mol. The number of hydrogen-bond donors (Lipinski definition) is 0. The first kappa shape index (κ1) is 14.4. The second-order valence-corrected chi connectivity index (χ2v) is 5.36. The summed E-state index contributed by atoms with van der Waals surface area (Å²) in [6.45, 7) is 5.12. The number of likely N-dealkylation sites (tertiary alicyclic amines) is 1. The molecule has 1 heterocycles. The number of benzene rings is 1. The van der Waals surface area contributed by atoms with E-state index in [1.165, 1.54) is 0 Å². The van der Waals surface area contributed by atoms with Crippen LogP contribution in [0.1, 0.15) is 30.1 Å². The van der Waals surface area contributed by atoms with Crippen LogP contribution >= 0.6 is 11.6 Å². The Labute approximate surface area is 119 Å². The van der Waals surface area contributed by atoms with Crippen molar-refractivity contribution in [2.24, 2.45) is 5.92 Å². The largest absolute Gasteiger partial charge is 0.381 e. The first-order chi connectivity index (χ1) is 9.20. The van der Waals surface area contributed by atoms with Gasteiger partial charge in [0.05, 0.1) is 6.61 Å². The van der Waals surface area contributed by atoms with Crippen molar-refractivity contribution in [3.63, 3.8) is 0 Å². The molecule has 1 saturated heterocycles. The van der Waals surface area contributed by atoms with Crippen LogP contribution in [0, 0.1) is 5.92 Å². The Morgan fingerprint density at radius 2 is 2.16 bits per heavy atom. The molecule has 1 unspecified atom stereocenters. The predicted octanol–water partition coefficient (Wildman–Crippen LogP) is 3.23. The molecule has 104 valence electrons. The maximum Gasteiger partial charge on any atom is 0.253 e. The van der Waals surface area contributed by atoms with E-state index >= 15 is 0 Å². The van der Waals surface area contributed by atoms with Gasteiger partial charge in [-0.2, -0.15) is 0 Å². The van der Waals surface area contributed by atoms with Crippen molar-refractivity contribution >= 4 is 17.5 Å². The molecular formula is C15H20ClNO2. The Kier molecular flexibility index (Phi) is 5.23. The summed E-state index contributed by atoms with van der Waals surface area (Å²) < 4.78 is 5.47. The van der Waals surface area contributed by atoms with E-state index < -0.39 is 0 Å². The average molecular weight is 282 g/mol. The molecule has 19 heavy (non-hydrogen) atoms. The van der Waals surface area contributed by atoms with Gasteiger partial charge in [0.15, 0.2) is 0 Å². The minimum Gasteiger partial charge on any atom is -0.381 e. The summed E-state index contributed by atoms with van der Waals surface area (Å²) in [6, 6.07) is 7.10. The van der Waals surface area contributed by atoms with Gasteiger partial charge >= 0.3 is 0 Å². The molecule has 1 aromatic rings. The first-order valence-corrected chi connectivity index (χ1v) is 7.21. The Morgan fingerprint density at radius 3 is 2.84 bits per heavy atom. The Bertz CT molecular complexity index is 419. The van der Waals surface area contributed by atoms with Gasteiger partial charge in [-0.25, -0.2) is 0 Å². The normalized spacial score (nSPS) is 19.5. The Hall–Kier alpha value is -1.06. The zero-order valence-electron chi connectivity index (χ0n) is 11.3. The lowest BCUT2D eigenvalue weighted by molar-refractivity contribution is 0.0501. The third-order valence-corrected chi connectivity index (χ3v) is 3.71. The van der Waals surface area contributed by atoms with Gasteiger partial charge in [0.25, 0.3) is 5.91 Å². The quantitative estimate of drug-likeness (QED) is 0.848. The number of carbonyl (C=O) groups excluding carboxylic acids is 1. The summed E-state index contributed by atoms with van der Waals surface area (Å²) >= 11 is 5.84. The number of halogens is 1. The van der Waals surface area contributed by atoms with E-state index in [0.717, 1.165) is 39.1 Å². The third-order valence-electron chi connectivity index (χ3n) is 3.46. The van der Waals surface area contributed by atoms with Crippen LogP contribution in [0.4, 0.5) is 0 Å². The van der Waals surface area contributed by atoms with Gasteiger partial charge in [-0.05, 0) is 49.9 Å². The van der Waals surface area contributed by atoms with Gasteiger partial charge in [-0.3, -0.25) is 4.79 Å². The number of ether oxygens (including phenoxy) is 1. The maximum absolute atomic E-state index is 12.4. The third kappa shape index (κ3) is 3.95. The molecule has 0 aliphatic carbocycles. The molecule has 4 heteroatoms. The number of amides is 1. The molecule has 1 aromatic carbocycles. The van der Waals surface area contributed by atoms with Crippen LogP contribution < -0.4 is 0 Å². The van der Waals surface area contributed by atoms with E-state index in [4.69, 9.17) is 16.3 Å². The van der Waals surface area contributed by atoms with Gasteiger partial charge in [0.2, 0.25) is 0 Å². The molecule has 1 amide bonds. The lowest BCUT2D eigenvalue weighted by Crippen LogP contribution is -2.41. The molecule has 1 atom stereocenters. The fourth-order valence-corrected chi connectivity index (χ4v) is 2.57. The highest BCUT2D eigenvalue weighted by molar-refractivity contribution is 6.30. The van der Waals surface area contributed by atoms with E-state index in [1.54, 1.807) is 24.3 Å². The van der Waals surface area contributed by atoms with Crippen LogP contribution in [-0.4, -0.2) is 37.1 Å². The summed E-state index contributed by atoms with van der Waals surface area (Å²) in [5.41, 5.74) is 0.710. The summed E-state index contributed by atoms with van der Waals surface area (Å²) in [5, 5.41) is 0.657. The highest BCUT2D eigenvalue weighted by atomic mass is 35.5. The van der Waals surface area contributed by atoms with Crippen LogP contribution in [0.15, 0.2) is 24.3 Å². The van der Waals surface area contributed by atoms with Crippen molar-refractivity contribution < 1.29 is 9.53 Å². The summed E-state index contributed by atoms with van der Waals surface area (Å²) in [7, 11) is 0. The highest BCUT2D eigenvalue weighted by Gasteiger charge is 2.24. The fraction of sp³-hybridized carbons (Fsp3) is 0.533. The molecule has 0 N–H and O–H groups in total. The van der Waals surface area contributed by atoms with Crippen molar-refractivity contribution in [3.8, 4) is 0 Å². The summed E-state index contributed by atoms with van der Waals surface area (Å²) in [4.78, 5) is 14.3. The molecule has 1 aliphatic rings. The van der Waals surface area contributed by atoms with E-state index in [-0.39, 0.29) is 5.91 Å². The fourth-order valence-electron chi connectivity index (χ4n) is 2.45. The molecule has 2 rings (SSSR count). The van der Waals surface area contributed by atoms with Crippen molar-refractivity contribution in [3.05, 3.63) is 34.9 Å². The minimum atomic E-state index is 0.0952. The van der Waals surface area contributed by atoms with Gasteiger partial charge < -0.3 is 9.64 Å². The molecule has 1 fully saturated rings. The predicted molar refractivity (Wildman–Crippen MR) is 76.6 cm³/mol. The molecule has 3 nitrogen and oxygen atoms in total. The van der Waals surface area contributed by atoms with Crippen LogP contribution in [-0.2, 0) is 4.74 Å². The molecule has 1 aliphatic heterocycles. The van der Waals surface area contributed by atoms with E-state index in [0.29, 0.717) is 16.5 Å². The second-order valence-electron chi connectivity index (χ2n) is 4.93. The van der Waals surface area contributed by atoms with Crippen LogP contribution in [0.25, 0.3) is 0 Å².